The number of hydrogen-bond donors (Lipinski definition) is 1. The van der Waals surface area contributed by atoms with Gasteiger partial charge < -0.3 is 10.1 Å². The molecule has 152 valence electrons. The number of carbonyl (C=O) groups excluding carboxylic acids is 1. The number of nitrogens with one attached hydrogen (secondary N) is 1. The molecule has 0 radical (unpaired) electrons. The maximum absolute atomic E-state index is 12.9. The van der Waals surface area contributed by atoms with E-state index in [1.54, 1.807) is 5.38 Å². The van der Waals surface area contributed by atoms with Crippen LogP contribution >= 0.6 is 11.3 Å². The molecule has 0 aliphatic carbocycles. The van der Waals surface area contributed by atoms with E-state index in [9.17, 15) is 13.2 Å². The molecular formula is C20H26N2O4S2. The Labute approximate surface area is 170 Å². The van der Waals surface area contributed by atoms with Crippen molar-refractivity contribution in [3.63, 3.8) is 0 Å². The van der Waals surface area contributed by atoms with Crippen molar-refractivity contribution < 1.29 is 17.9 Å². The number of ether oxygens (including phenoxy) is 1. The molecule has 1 amide bonds. The van der Waals surface area contributed by atoms with Crippen LogP contribution in [-0.4, -0.2) is 37.8 Å². The molecule has 0 bridgehead atoms. The van der Waals surface area contributed by atoms with Gasteiger partial charge in [-0.3, -0.25) is 4.79 Å². The summed E-state index contributed by atoms with van der Waals surface area (Å²) >= 11 is 1.16. The molecule has 0 saturated carbocycles. The van der Waals surface area contributed by atoms with Gasteiger partial charge in [-0.2, -0.15) is 4.31 Å². The van der Waals surface area contributed by atoms with Crippen LogP contribution in [0.15, 0.2) is 40.6 Å². The molecule has 1 N–H and O–H groups in total. The smallest absolute Gasteiger partial charge is 0.263 e. The number of sulfonamides is 1. The number of hydrogen-bond acceptors (Lipinski definition) is 5. The predicted molar refractivity (Wildman–Crippen MR) is 110 cm³/mol. The van der Waals surface area contributed by atoms with Gasteiger partial charge in [-0.05, 0) is 55.8 Å². The molecule has 2 aromatic rings. The Bertz CT molecular complexity index is 899. The Hall–Kier alpha value is -1.90. The second-order valence-corrected chi connectivity index (χ2v) is 9.89. The summed E-state index contributed by atoms with van der Waals surface area (Å²) in [5.41, 5.74) is 0.918. The van der Waals surface area contributed by atoms with E-state index in [-0.39, 0.29) is 21.8 Å². The summed E-state index contributed by atoms with van der Waals surface area (Å²) in [5.74, 6) is 0.409. The number of carbonyl (C=O) groups is 1. The van der Waals surface area contributed by atoms with E-state index in [4.69, 9.17) is 4.74 Å². The zero-order valence-electron chi connectivity index (χ0n) is 16.2. The first-order valence-corrected chi connectivity index (χ1v) is 11.8. The van der Waals surface area contributed by atoms with E-state index in [1.165, 1.54) is 10.4 Å². The third-order valence-corrected chi connectivity index (χ3v) is 7.50. The number of benzene rings is 1. The molecule has 6 nitrogen and oxygen atoms in total. The molecular weight excluding hydrogens is 396 g/mol. The van der Waals surface area contributed by atoms with Crippen LogP contribution in [0.5, 0.6) is 5.75 Å². The highest BCUT2D eigenvalue weighted by Gasteiger charge is 2.30. The topological polar surface area (TPSA) is 75.7 Å². The van der Waals surface area contributed by atoms with Crippen molar-refractivity contribution in [1.29, 1.82) is 0 Å². The van der Waals surface area contributed by atoms with Crippen LogP contribution in [0.4, 0.5) is 0 Å². The molecule has 3 rings (SSSR count). The fourth-order valence-corrected chi connectivity index (χ4v) is 5.97. The highest BCUT2D eigenvalue weighted by molar-refractivity contribution is 7.89. The third-order valence-electron chi connectivity index (χ3n) is 4.52. The van der Waals surface area contributed by atoms with Gasteiger partial charge in [-0.1, -0.05) is 18.6 Å². The maximum Gasteiger partial charge on any atom is 0.263 e. The first kappa shape index (κ1) is 20.8. The Balaban J connectivity index is 1.66. The highest BCUT2D eigenvalue weighted by atomic mass is 32.2. The second kappa shape index (κ2) is 9.07. The molecule has 1 aliphatic heterocycles. The summed E-state index contributed by atoms with van der Waals surface area (Å²) in [7, 11) is -3.63. The molecule has 1 aromatic heterocycles. The minimum atomic E-state index is -3.63. The SMILES string of the molecule is CC(C)Oc1ccc(CNC(=O)c2sccc2S(=O)(=O)N2CCCCC2)cc1. The number of amides is 1. The second-order valence-electron chi connectivity index (χ2n) is 7.07. The van der Waals surface area contributed by atoms with Crippen LogP contribution in [-0.2, 0) is 16.6 Å². The molecule has 1 aromatic carbocycles. The van der Waals surface area contributed by atoms with E-state index in [1.807, 2.05) is 38.1 Å². The van der Waals surface area contributed by atoms with Crippen molar-refractivity contribution >= 4 is 27.3 Å². The molecule has 0 unspecified atom stereocenters. The van der Waals surface area contributed by atoms with Gasteiger partial charge in [-0.25, -0.2) is 8.42 Å². The van der Waals surface area contributed by atoms with Gasteiger partial charge in [0.25, 0.3) is 5.91 Å². The lowest BCUT2D eigenvalue weighted by Crippen LogP contribution is -2.36. The fourth-order valence-electron chi connectivity index (χ4n) is 3.13. The summed E-state index contributed by atoms with van der Waals surface area (Å²) in [6.07, 6.45) is 2.87. The van der Waals surface area contributed by atoms with Crippen molar-refractivity contribution in [3.05, 3.63) is 46.2 Å². The molecule has 1 aliphatic rings. The summed E-state index contributed by atoms with van der Waals surface area (Å²) in [5, 5.41) is 4.48. The van der Waals surface area contributed by atoms with E-state index >= 15 is 0 Å². The molecule has 1 fully saturated rings. The Morgan fingerprint density at radius 2 is 1.82 bits per heavy atom. The average Bonchev–Trinajstić information content (AvgIpc) is 3.18. The van der Waals surface area contributed by atoms with E-state index in [0.717, 1.165) is 41.9 Å². The minimum Gasteiger partial charge on any atom is -0.491 e. The van der Waals surface area contributed by atoms with Crippen molar-refractivity contribution in [2.45, 2.75) is 50.7 Å². The monoisotopic (exact) mass is 422 g/mol. The first-order valence-electron chi connectivity index (χ1n) is 9.49. The summed E-state index contributed by atoms with van der Waals surface area (Å²) in [4.78, 5) is 13.0. The predicted octanol–water partition coefficient (Wildman–Crippen LogP) is 3.64. The molecule has 0 spiro atoms. The van der Waals surface area contributed by atoms with Gasteiger partial charge in [0.2, 0.25) is 10.0 Å². The molecule has 2 heterocycles. The molecule has 1 saturated heterocycles. The third kappa shape index (κ3) is 4.92. The quantitative estimate of drug-likeness (QED) is 0.739. The van der Waals surface area contributed by atoms with Gasteiger partial charge in [0.05, 0.1) is 6.10 Å². The molecule has 8 heteroatoms. The largest absolute Gasteiger partial charge is 0.491 e. The number of rotatable bonds is 7. The number of nitrogens with zero attached hydrogens (tertiary/aromatic N) is 1. The van der Waals surface area contributed by atoms with Crippen molar-refractivity contribution in [2.24, 2.45) is 0 Å². The summed E-state index contributed by atoms with van der Waals surface area (Å²) in [6.45, 7) is 5.28. The lowest BCUT2D eigenvalue weighted by molar-refractivity contribution is 0.0952. The highest BCUT2D eigenvalue weighted by Crippen LogP contribution is 2.27. The van der Waals surface area contributed by atoms with Crippen LogP contribution in [0.25, 0.3) is 0 Å². The number of thiophene rings is 1. The zero-order chi connectivity index (χ0) is 20.1. The number of piperidine rings is 1. The van der Waals surface area contributed by atoms with Crippen LogP contribution in [0.2, 0.25) is 0 Å². The van der Waals surface area contributed by atoms with Crippen LogP contribution in [0.1, 0.15) is 48.3 Å². The lowest BCUT2D eigenvalue weighted by Gasteiger charge is -2.25. The van der Waals surface area contributed by atoms with E-state index in [2.05, 4.69) is 5.32 Å². The Kier molecular flexibility index (Phi) is 6.74. The van der Waals surface area contributed by atoms with Crippen molar-refractivity contribution in [2.75, 3.05) is 13.1 Å². The minimum absolute atomic E-state index is 0.102. The van der Waals surface area contributed by atoms with Crippen LogP contribution in [0.3, 0.4) is 0 Å². The summed E-state index contributed by atoms with van der Waals surface area (Å²) < 4.78 is 32.9. The fraction of sp³-hybridized carbons (Fsp3) is 0.450. The normalized spacial score (nSPS) is 15.5. The lowest BCUT2D eigenvalue weighted by atomic mass is 10.2. The Morgan fingerprint density at radius 3 is 2.46 bits per heavy atom. The van der Waals surface area contributed by atoms with E-state index < -0.39 is 10.0 Å². The van der Waals surface area contributed by atoms with E-state index in [0.29, 0.717) is 19.6 Å². The summed E-state index contributed by atoms with van der Waals surface area (Å²) in [6, 6.07) is 9.02. The van der Waals surface area contributed by atoms with Gasteiger partial charge in [-0.15, -0.1) is 11.3 Å². The van der Waals surface area contributed by atoms with Crippen LogP contribution < -0.4 is 10.1 Å². The van der Waals surface area contributed by atoms with Crippen molar-refractivity contribution in [1.82, 2.24) is 9.62 Å². The molecule has 0 atom stereocenters. The van der Waals surface area contributed by atoms with Gasteiger partial charge >= 0.3 is 0 Å². The van der Waals surface area contributed by atoms with Gasteiger partial charge in [0.1, 0.15) is 15.5 Å². The Morgan fingerprint density at radius 1 is 1.14 bits per heavy atom. The van der Waals surface area contributed by atoms with Crippen LogP contribution in [0, 0.1) is 0 Å². The van der Waals surface area contributed by atoms with Gasteiger partial charge in [0, 0.05) is 19.6 Å². The zero-order valence-corrected chi connectivity index (χ0v) is 17.8. The first-order chi connectivity index (χ1) is 13.4. The maximum atomic E-state index is 12.9. The molecule has 28 heavy (non-hydrogen) atoms. The average molecular weight is 423 g/mol. The van der Waals surface area contributed by atoms with Gasteiger partial charge in [0.15, 0.2) is 0 Å². The van der Waals surface area contributed by atoms with Crippen molar-refractivity contribution in [3.8, 4) is 5.75 Å². The standard InChI is InChI=1S/C20H26N2O4S2/c1-15(2)26-17-8-6-16(7-9-17)14-21-20(23)19-18(10-13-27-19)28(24,25)22-11-4-3-5-12-22/h6-10,13,15H,3-5,11-12,14H2,1-2H3,(H,21,23).